The second-order valence-electron chi connectivity index (χ2n) is 8.69. The van der Waals surface area contributed by atoms with Crippen molar-refractivity contribution in [1.29, 1.82) is 0 Å². The molecular weight excluding hydrogens is 551 g/mol. The third-order valence-corrected chi connectivity index (χ3v) is 9.34. The zero-order valence-electron chi connectivity index (χ0n) is 19.0. The smallest absolute Gasteiger partial charge is 0.305 e. The number of thiazole rings is 1. The minimum Gasteiger partial charge on any atom is -0.489 e. The van der Waals surface area contributed by atoms with Gasteiger partial charge in [-0.15, -0.1) is 0 Å². The predicted molar refractivity (Wildman–Crippen MR) is 146 cm³/mol. The van der Waals surface area contributed by atoms with Crippen LogP contribution in [0, 0.1) is 5.92 Å². The molecule has 2 aliphatic rings. The van der Waals surface area contributed by atoms with E-state index in [1.807, 2.05) is 30.3 Å². The van der Waals surface area contributed by atoms with E-state index in [-0.39, 0.29) is 16.7 Å². The Morgan fingerprint density at radius 3 is 2.38 bits per heavy atom. The lowest BCUT2D eigenvalue weighted by Gasteiger charge is -2.31. The van der Waals surface area contributed by atoms with Crippen LogP contribution in [0.1, 0.15) is 21.9 Å². The van der Waals surface area contributed by atoms with Gasteiger partial charge in [0.15, 0.2) is 0 Å². The predicted octanol–water partition coefficient (Wildman–Crippen LogP) is 6.12. The van der Waals surface area contributed by atoms with Crippen LogP contribution in [0.4, 0.5) is 5.69 Å². The summed E-state index contributed by atoms with van der Waals surface area (Å²) in [4.78, 5) is 44.4. The molecule has 1 N–H and O–H groups in total. The van der Waals surface area contributed by atoms with Gasteiger partial charge in [-0.05, 0) is 48.0 Å². The maximum atomic E-state index is 13.9. The van der Waals surface area contributed by atoms with Crippen LogP contribution in [-0.4, -0.2) is 22.0 Å². The van der Waals surface area contributed by atoms with Crippen molar-refractivity contribution in [3.8, 4) is 5.75 Å². The third-order valence-electron chi connectivity index (χ3n) is 6.45. The number of aromatic nitrogens is 1. The largest absolute Gasteiger partial charge is 0.489 e. The van der Waals surface area contributed by atoms with E-state index >= 15 is 0 Å². The first-order valence-electron chi connectivity index (χ1n) is 11.4. The Labute approximate surface area is 230 Å². The number of hydrogen-bond donors (Lipinski definition) is 1. The van der Waals surface area contributed by atoms with Gasteiger partial charge in [-0.3, -0.25) is 14.4 Å². The fourth-order valence-corrected chi connectivity index (χ4v) is 7.64. The van der Waals surface area contributed by atoms with Crippen LogP contribution >= 0.6 is 46.3 Å². The molecule has 37 heavy (non-hydrogen) atoms. The van der Waals surface area contributed by atoms with Gasteiger partial charge >= 0.3 is 4.87 Å². The highest BCUT2D eigenvalue weighted by Gasteiger charge is 2.56. The highest BCUT2D eigenvalue weighted by Crippen LogP contribution is 2.54. The lowest BCUT2D eigenvalue weighted by Crippen LogP contribution is -2.32. The van der Waals surface area contributed by atoms with Crippen molar-refractivity contribution in [2.45, 2.75) is 22.8 Å². The number of hydrogen-bond acceptors (Lipinski definition) is 6. The average Bonchev–Trinajstić information content (AvgIpc) is 3.39. The molecule has 186 valence electrons. The number of rotatable bonds is 5. The topological polar surface area (TPSA) is 79.5 Å². The molecule has 6 nitrogen and oxygen atoms in total. The van der Waals surface area contributed by atoms with Gasteiger partial charge in [0, 0.05) is 26.4 Å². The molecule has 0 radical (unpaired) electrons. The molecular formula is C27H18Cl2N2O4S2. The van der Waals surface area contributed by atoms with E-state index in [4.69, 9.17) is 27.9 Å². The first-order valence-corrected chi connectivity index (χ1v) is 13.8. The van der Waals surface area contributed by atoms with Crippen LogP contribution < -0.4 is 14.5 Å². The Morgan fingerprint density at radius 1 is 0.892 bits per heavy atom. The molecule has 1 fully saturated rings. The first-order chi connectivity index (χ1) is 17.9. The Hall–Kier alpha value is -3.04. The Balaban J connectivity index is 1.45. The van der Waals surface area contributed by atoms with Crippen LogP contribution in [0.5, 0.6) is 5.75 Å². The highest BCUT2D eigenvalue weighted by molar-refractivity contribution is 8.00. The fraction of sp³-hybridized carbons (Fsp3) is 0.148. The van der Waals surface area contributed by atoms with Crippen molar-refractivity contribution < 1.29 is 14.3 Å². The van der Waals surface area contributed by atoms with Gasteiger partial charge in [-0.25, -0.2) is 4.90 Å². The molecule has 0 spiro atoms. The van der Waals surface area contributed by atoms with Gasteiger partial charge in [0.25, 0.3) is 0 Å². The van der Waals surface area contributed by atoms with Crippen molar-refractivity contribution >= 4 is 63.8 Å². The van der Waals surface area contributed by atoms with Crippen LogP contribution in [0.15, 0.2) is 82.6 Å². The zero-order chi connectivity index (χ0) is 25.7. The first kappa shape index (κ1) is 24.3. The highest BCUT2D eigenvalue weighted by atomic mass is 35.5. The van der Waals surface area contributed by atoms with Crippen molar-refractivity contribution in [2.75, 3.05) is 4.90 Å². The van der Waals surface area contributed by atoms with E-state index in [1.54, 1.807) is 42.5 Å². The van der Waals surface area contributed by atoms with Crippen LogP contribution in [-0.2, 0) is 16.2 Å². The van der Waals surface area contributed by atoms with Crippen molar-refractivity contribution in [3.05, 3.63) is 109 Å². The molecule has 0 bridgehead atoms. The minimum atomic E-state index is -0.746. The molecule has 4 aromatic rings. The van der Waals surface area contributed by atoms with Gasteiger partial charge in [0.1, 0.15) is 17.6 Å². The number of H-pyrrole nitrogens is 1. The summed E-state index contributed by atoms with van der Waals surface area (Å²) in [7, 11) is 0. The fourth-order valence-electron chi connectivity index (χ4n) is 4.83. The molecule has 1 saturated heterocycles. The molecule has 6 rings (SSSR count). The van der Waals surface area contributed by atoms with Gasteiger partial charge in [0.05, 0.1) is 16.6 Å². The number of thioether (sulfide) groups is 1. The average molecular weight is 569 g/mol. The second kappa shape index (κ2) is 9.68. The molecule has 3 unspecified atom stereocenters. The number of anilines is 1. The molecule has 1 aromatic heterocycles. The molecule has 0 saturated carbocycles. The van der Waals surface area contributed by atoms with Crippen molar-refractivity contribution in [2.24, 2.45) is 5.92 Å². The molecule has 2 amide bonds. The van der Waals surface area contributed by atoms with Gasteiger partial charge in [0.2, 0.25) is 11.8 Å². The van der Waals surface area contributed by atoms with Crippen LogP contribution in [0.25, 0.3) is 0 Å². The lowest BCUT2D eigenvalue weighted by molar-refractivity contribution is -0.122. The van der Waals surface area contributed by atoms with Crippen molar-refractivity contribution in [1.82, 2.24) is 4.98 Å². The Bertz CT molecular complexity index is 1570. The maximum Gasteiger partial charge on any atom is 0.305 e. The summed E-state index contributed by atoms with van der Waals surface area (Å²) in [6, 6.07) is 21.6. The Morgan fingerprint density at radius 2 is 1.62 bits per heavy atom. The summed E-state index contributed by atoms with van der Waals surface area (Å²) in [5.74, 6) is -1.47. The molecule has 2 aliphatic heterocycles. The van der Waals surface area contributed by atoms with Gasteiger partial charge in [-0.2, -0.15) is 0 Å². The lowest BCUT2D eigenvalue weighted by atomic mass is 9.82. The number of carbonyl (C=O) groups is 2. The van der Waals surface area contributed by atoms with E-state index in [0.717, 1.165) is 16.9 Å². The van der Waals surface area contributed by atoms with E-state index in [0.29, 0.717) is 43.6 Å². The molecule has 10 heteroatoms. The molecule has 0 aliphatic carbocycles. The normalized spacial score (nSPS) is 20.6. The maximum absolute atomic E-state index is 13.9. The summed E-state index contributed by atoms with van der Waals surface area (Å²) in [5, 5.41) is 0.847. The molecule has 3 atom stereocenters. The summed E-state index contributed by atoms with van der Waals surface area (Å²) in [5.41, 5.74) is 2.10. The molecule has 3 heterocycles. The standard InChI is InChI=1S/C27H18Cl2N2O4S2/c28-15-6-9-17(10-7-15)31-25(32)21-20(22-24(30-27(34)37-22)36-23(21)26(31)33)18-12-16(29)8-11-19(18)35-13-14-4-2-1-3-5-14/h1-12,20-21,23H,13H2,(H,30,34). The van der Waals surface area contributed by atoms with Gasteiger partial charge < -0.3 is 9.72 Å². The van der Waals surface area contributed by atoms with Crippen molar-refractivity contribution in [3.63, 3.8) is 0 Å². The van der Waals surface area contributed by atoms with E-state index in [9.17, 15) is 14.4 Å². The number of carbonyl (C=O) groups excluding carboxylic acids is 2. The molecule has 3 aromatic carbocycles. The number of halogens is 2. The number of aromatic amines is 1. The summed E-state index contributed by atoms with van der Waals surface area (Å²) in [6.07, 6.45) is 0. The van der Waals surface area contributed by atoms with E-state index < -0.39 is 17.1 Å². The third kappa shape index (κ3) is 4.38. The van der Waals surface area contributed by atoms with Crippen LogP contribution in [0.2, 0.25) is 10.0 Å². The second-order valence-corrected chi connectivity index (χ2v) is 11.7. The quantitative estimate of drug-likeness (QED) is 0.293. The summed E-state index contributed by atoms with van der Waals surface area (Å²) >= 11 is 14.7. The zero-order valence-corrected chi connectivity index (χ0v) is 22.2. The Kier molecular flexibility index (Phi) is 6.36. The number of imide groups is 1. The van der Waals surface area contributed by atoms with E-state index in [1.165, 1.54) is 16.7 Å². The number of ether oxygens (including phenoxy) is 1. The number of amides is 2. The monoisotopic (exact) mass is 568 g/mol. The van der Waals surface area contributed by atoms with Gasteiger partial charge in [-0.1, -0.05) is 76.6 Å². The van der Waals surface area contributed by atoms with E-state index in [2.05, 4.69) is 4.98 Å². The summed E-state index contributed by atoms with van der Waals surface area (Å²) in [6.45, 7) is 0.311. The minimum absolute atomic E-state index is 0.245. The number of fused-ring (bicyclic) bond motifs is 2. The number of nitrogens with one attached hydrogen (secondary N) is 1. The number of benzene rings is 3. The SMILES string of the molecule is O=C1C2Sc3[nH]c(=O)sc3C(c3cc(Cl)ccc3OCc3ccccc3)C2C(=O)N1c1ccc(Cl)cc1. The summed E-state index contributed by atoms with van der Waals surface area (Å²) < 4.78 is 6.21. The van der Waals surface area contributed by atoms with Crippen LogP contribution in [0.3, 0.4) is 0 Å². The number of nitrogens with zero attached hydrogens (tertiary/aromatic N) is 1.